The number of nitro benzene ring substituents is 1. The van der Waals surface area contributed by atoms with Gasteiger partial charge in [0, 0.05) is 6.07 Å². The van der Waals surface area contributed by atoms with Crippen molar-refractivity contribution in [1.82, 2.24) is 0 Å². The predicted molar refractivity (Wildman–Crippen MR) is 78.4 cm³/mol. The first-order chi connectivity index (χ1) is 10.3. The van der Waals surface area contributed by atoms with Crippen molar-refractivity contribution in [2.75, 3.05) is 0 Å². The highest BCUT2D eigenvalue weighted by molar-refractivity contribution is 7.93. The topological polar surface area (TPSA) is 115 Å². The largest absolute Gasteiger partial charge is 0.478 e. The Balaban J connectivity index is 2.10. The number of fused-ring (bicyclic) bond motifs is 2. The highest BCUT2D eigenvalue weighted by atomic mass is 32.2. The molecule has 1 aromatic carbocycles. The third kappa shape index (κ3) is 2.19. The van der Waals surface area contributed by atoms with E-state index in [1.54, 1.807) is 6.08 Å². The van der Waals surface area contributed by atoms with Gasteiger partial charge >= 0.3 is 5.97 Å². The van der Waals surface area contributed by atoms with E-state index in [-0.39, 0.29) is 17.7 Å². The normalized spacial score (nSPS) is 25.5. The number of hydrogen-bond acceptors (Lipinski definition) is 5. The van der Waals surface area contributed by atoms with Crippen molar-refractivity contribution in [3.05, 3.63) is 45.5 Å². The molecule has 0 spiro atoms. The molecule has 1 N–H and O–H groups in total. The van der Waals surface area contributed by atoms with Crippen molar-refractivity contribution >= 4 is 27.1 Å². The van der Waals surface area contributed by atoms with Crippen LogP contribution in [0.25, 0.3) is 5.57 Å². The van der Waals surface area contributed by atoms with Crippen LogP contribution in [0.4, 0.5) is 5.69 Å². The third-order valence-electron chi connectivity index (χ3n) is 4.28. The van der Waals surface area contributed by atoms with Gasteiger partial charge in [0.2, 0.25) is 0 Å². The first kappa shape index (κ1) is 14.7. The summed E-state index contributed by atoms with van der Waals surface area (Å²) in [6.07, 6.45) is 2.93. The molecule has 1 saturated heterocycles. The second-order valence-electron chi connectivity index (χ2n) is 5.52. The molecular formula is C14H13NO6S. The molecule has 2 aliphatic heterocycles. The van der Waals surface area contributed by atoms with Crippen LogP contribution in [0.15, 0.2) is 24.3 Å². The van der Waals surface area contributed by atoms with Crippen LogP contribution in [0.1, 0.15) is 35.2 Å². The number of rotatable bonds is 3. The van der Waals surface area contributed by atoms with Gasteiger partial charge in [0.15, 0.2) is 9.84 Å². The van der Waals surface area contributed by atoms with Crippen LogP contribution >= 0.6 is 0 Å². The minimum Gasteiger partial charge on any atom is -0.478 e. The Morgan fingerprint density at radius 2 is 2.05 bits per heavy atom. The van der Waals surface area contributed by atoms with E-state index in [2.05, 4.69) is 0 Å². The summed E-state index contributed by atoms with van der Waals surface area (Å²) in [6.45, 7) is 0. The number of nitrogens with zero attached hydrogens (tertiary/aromatic N) is 1. The zero-order valence-corrected chi connectivity index (χ0v) is 12.2. The maximum atomic E-state index is 12.1. The van der Waals surface area contributed by atoms with E-state index in [9.17, 15) is 23.3 Å². The second-order valence-corrected chi connectivity index (χ2v) is 7.97. The smallest absolute Gasteiger partial charge is 0.335 e. The molecule has 3 rings (SSSR count). The maximum Gasteiger partial charge on any atom is 0.335 e. The molecule has 2 atom stereocenters. The number of hydrogen-bond donors (Lipinski definition) is 1. The molecule has 0 amide bonds. The number of carboxylic acids is 1. The Hall–Kier alpha value is -2.22. The molecule has 7 nitrogen and oxygen atoms in total. The molecule has 2 bridgehead atoms. The van der Waals surface area contributed by atoms with E-state index in [0.717, 1.165) is 6.07 Å². The van der Waals surface area contributed by atoms with Gasteiger partial charge in [0.1, 0.15) is 0 Å². The molecule has 2 unspecified atom stereocenters. The van der Waals surface area contributed by atoms with Gasteiger partial charge < -0.3 is 5.11 Å². The first-order valence-corrected chi connectivity index (χ1v) is 8.37. The summed E-state index contributed by atoms with van der Waals surface area (Å²) in [6, 6.07) is 3.71. The quantitative estimate of drug-likeness (QED) is 0.672. The molecule has 22 heavy (non-hydrogen) atoms. The van der Waals surface area contributed by atoms with Crippen LogP contribution in [-0.2, 0) is 9.84 Å². The average Bonchev–Trinajstić information content (AvgIpc) is 2.66. The Morgan fingerprint density at radius 3 is 2.64 bits per heavy atom. The van der Waals surface area contributed by atoms with E-state index >= 15 is 0 Å². The van der Waals surface area contributed by atoms with Gasteiger partial charge in [-0.25, -0.2) is 13.2 Å². The minimum atomic E-state index is -3.17. The average molecular weight is 323 g/mol. The van der Waals surface area contributed by atoms with Crippen molar-refractivity contribution in [2.45, 2.75) is 29.8 Å². The Morgan fingerprint density at radius 1 is 1.32 bits per heavy atom. The second kappa shape index (κ2) is 4.91. The zero-order chi connectivity index (χ0) is 16.1. The van der Waals surface area contributed by atoms with E-state index in [0.29, 0.717) is 24.0 Å². The Bertz CT molecular complexity index is 811. The standard InChI is InChI=1S/C14H13NO6S/c16-14(17)8-1-4-12(13(7-8)15(18)19)9-5-10-2-3-11(6-9)22(10,20)21/h1,4-5,7,10-11H,2-3,6H2,(H,16,17). The van der Waals surface area contributed by atoms with Crippen LogP contribution in [0.2, 0.25) is 0 Å². The number of sulfone groups is 1. The summed E-state index contributed by atoms with van der Waals surface area (Å²) in [4.78, 5) is 21.5. The molecule has 0 radical (unpaired) electrons. The van der Waals surface area contributed by atoms with Crippen LogP contribution in [0.3, 0.4) is 0 Å². The fourth-order valence-corrected chi connectivity index (χ4v) is 5.34. The molecule has 0 saturated carbocycles. The summed E-state index contributed by atoms with van der Waals surface area (Å²) in [5.41, 5.74) is 0.458. The lowest BCUT2D eigenvalue weighted by atomic mass is 9.97. The van der Waals surface area contributed by atoms with Crippen LogP contribution in [0, 0.1) is 10.1 Å². The maximum absolute atomic E-state index is 12.1. The number of aromatic carboxylic acids is 1. The van der Waals surface area contributed by atoms with E-state index in [4.69, 9.17) is 5.11 Å². The lowest BCUT2D eigenvalue weighted by Gasteiger charge is -2.20. The minimum absolute atomic E-state index is 0.164. The van der Waals surface area contributed by atoms with E-state index in [1.807, 2.05) is 0 Å². The number of nitro groups is 1. The lowest BCUT2D eigenvalue weighted by Crippen LogP contribution is -2.26. The molecular weight excluding hydrogens is 310 g/mol. The Labute approximate surface area is 126 Å². The van der Waals surface area contributed by atoms with Gasteiger partial charge in [-0.05, 0) is 37.0 Å². The molecule has 116 valence electrons. The van der Waals surface area contributed by atoms with Crippen LogP contribution in [0.5, 0.6) is 0 Å². The summed E-state index contributed by atoms with van der Waals surface area (Å²) < 4.78 is 24.1. The fraction of sp³-hybridized carbons (Fsp3) is 0.357. The number of carboxylic acid groups (broad SMARTS) is 1. The monoisotopic (exact) mass is 323 g/mol. The molecule has 0 aromatic heterocycles. The first-order valence-electron chi connectivity index (χ1n) is 6.76. The van der Waals surface area contributed by atoms with Crippen LogP contribution < -0.4 is 0 Å². The zero-order valence-electron chi connectivity index (χ0n) is 11.4. The van der Waals surface area contributed by atoms with E-state index in [1.165, 1.54) is 12.1 Å². The molecule has 8 heteroatoms. The summed E-state index contributed by atoms with van der Waals surface area (Å²) >= 11 is 0. The number of carbonyl (C=O) groups is 1. The van der Waals surface area contributed by atoms with Crippen LogP contribution in [-0.4, -0.2) is 34.9 Å². The van der Waals surface area contributed by atoms with Crippen molar-refractivity contribution in [3.63, 3.8) is 0 Å². The van der Waals surface area contributed by atoms with Gasteiger partial charge in [-0.3, -0.25) is 10.1 Å². The van der Waals surface area contributed by atoms with Crippen molar-refractivity contribution in [1.29, 1.82) is 0 Å². The van der Waals surface area contributed by atoms with Crippen molar-refractivity contribution in [3.8, 4) is 0 Å². The third-order valence-corrected chi connectivity index (χ3v) is 6.83. The molecule has 2 heterocycles. The molecule has 2 aliphatic rings. The van der Waals surface area contributed by atoms with Crippen molar-refractivity contribution in [2.24, 2.45) is 0 Å². The highest BCUT2D eigenvalue weighted by Crippen LogP contribution is 2.42. The van der Waals surface area contributed by atoms with E-state index < -0.39 is 31.2 Å². The molecule has 1 aromatic rings. The Kier molecular flexibility index (Phi) is 3.28. The molecule has 1 fully saturated rings. The van der Waals surface area contributed by atoms with Gasteiger partial charge in [-0.2, -0.15) is 0 Å². The van der Waals surface area contributed by atoms with Gasteiger partial charge in [-0.15, -0.1) is 0 Å². The lowest BCUT2D eigenvalue weighted by molar-refractivity contribution is -0.385. The SMILES string of the molecule is O=C(O)c1ccc(C2=CC3CCC(C2)S3(=O)=O)c([N+](=O)[O-])c1. The van der Waals surface area contributed by atoms with Gasteiger partial charge in [0.25, 0.3) is 5.69 Å². The highest BCUT2D eigenvalue weighted by Gasteiger charge is 2.44. The predicted octanol–water partition coefficient (Wildman–Crippen LogP) is 2.03. The molecule has 0 aliphatic carbocycles. The fourth-order valence-electron chi connectivity index (χ4n) is 3.15. The summed E-state index contributed by atoms with van der Waals surface area (Å²) in [7, 11) is -3.17. The number of benzene rings is 1. The summed E-state index contributed by atoms with van der Waals surface area (Å²) in [5, 5.41) is 19.1. The van der Waals surface area contributed by atoms with Gasteiger partial charge in [0.05, 0.1) is 26.6 Å². The number of allylic oxidation sites excluding steroid dienone is 1. The van der Waals surface area contributed by atoms with Crippen molar-refractivity contribution < 1.29 is 23.2 Å². The van der Waals surface area contributed by atoms with Gasteiger partial charge in [-0.1, -0.05) is 6.08 Å². The summed E-state index contributed by atoms with van der Waals surface area (Å²) in [5.74, 6) is -1.24.